The van der Waals surface area contributed by atoms with E-state index in [0.29, 0.717) is 17.7 Å². The molecule has 1 saturated carbocycles. The summed E-state index contributed by atoms with van der Waals surface area (Å²) in [5.41, 5.74) is 1.25. The van der Waals surface area contributed by atoms with E-state index in [1.165, 1.54) is 31.0 Å². The number of sulfonamides is 1. The Bertz CT molecular complexity index is 1160. The van der Waals surface area contributed by atoms with Gasteiger partial charge in [0.2, 0.25) is 0 Å². The van der Waals surface area contributed by atoms with E-state index in [1.807, 2.05) is 11.8 Å². The van der Waals surface area contributed by atoms with Crippen LogP contribution in [-0.2, 0) is 16.6 Å². The van der Waals surface area contributed by atoms with Crippen LogP contribution in [0.5, 0.6) is 0 Å². The van der Waals surface area contributed by atoms with E-state index in [1.54, 1.807) is 24.3 Å². The Balaban J connectivity index is 1.58. The molecule has 0 spiro atoms. The highest BCUT2D eigenvalue weighted by atomic mass is 35.5. The number of anilines is 1. The smallest absolute Gasteiger partial charge is 0.336 e. The molecule has 0 atom stereocenters. The van der Waals surface area contributed by atoms with Crippen molar-refractivity contribution in [3.05, 3.63) is 58.6 Å². The molecular weight excluding hydrogens is 462 g/mol. The summed E-state index contributed by atoms with van der Waals surface area (Å²) in [6.07, 6.45) is 6.68. The molecule has 0 bridgehead atoms. The first kappa shape index (κ1) is 23.6. The van der Waals surface area contributed by atoms with Crippen LogP contribution in [0.4, 0.5) is 10.5 Å². The van der Waals surface area contributed by atoms with Crippen molar-refractivity contribution in [3.63, 3.8) is 0 Å². The van der Waals surface area contributed by atoms with Gasteiger partial charge in [0.15, 0.2) is 0 Å². The molecular formula is C24H28ClN3O4S. The van der Waals surface area contributed by atoms with Gasteiger partial charge in [-0.25, -0.2) is 17.5 Å². The molecule has 3 amide bonds. The maximum atomic E-state index is 13.3. The summed E-state index contributed by atoms with van der Waals surface area (Å²) in [4.78, 5) is 27.8. The van der Waals surface area contributed by atoms with Crippen LogP contribution < -0.4 is 5.32 Å². The van der Waals surface area contributed by atoms with Crippen LogP contribution in [0.3, 0.4) is 0 Å². The van der Waals surface area contributed by atoms with Gasteiger partial charge in [0, 0.05) is 23.2 Å². The number of amides is 3. The molecule has 176 valence electrons. The van der Waals surface area contributed by atoms with Gasteiger partial charge in [0.1, 0.15) is 4.90 Å². The number of hydrogen-bond donors (Lipinski definition) is 1. The van der Waals surface area contributed by atoms with Crippen LogP contribution in [-0.4, -0.2) is 42.1 Å². The van der Waals surface area contributed by atoms with E-state index in [-0.39, 0.29) is 34.1 Å². The molecule has 0 aromatic heterocycles. The highest BCUT2D eigenvalue weighted by Gasteiger charge is 2.37. The third-order valence-electron chi connectivity index (χ3n) is 6.35. The maximum absolute atomic E-state index is 13.3. The number of hydrogen-bond acceptors (Lipinski definition) is 4. The Morgan fingerprint density at radius 1 is 1.12 bits per heavy atom. The molecule has 2 aromatic rings. The molecule has 1 aliphatic heterocycles. The number of fused-ring (bicyclic) bond motifs is 1. The van der Waals surface area contributed by atoms with Gasteiger partial charge in [0.25, 0.3) is 15.9 Å². The van der Waals surface area contributed by atoms with E-state index in [0.717, 1.165) is 30.0 Å². The first-order valence-electron chi connectivity index (χ1n) is 11.3. The van der Waals surface area contributed by atoms with Gasteiger partial charge in [-0.1, -0.05) is 49.4 Å². The van der Waals surface area contributed by atoms with E-state index in [2.05, 4.69) is 5.32 Å². The number of urea groups is 1. The van der Waals surface area contributed by atoms with Gasteiger partial charge in [0.05, 0.1) is 12.2 Å². The molecule has 1 heterocycles. The standard InChI is InChI=1S/C24H28ClN3O4S/c1-2-27(20-10-5-3-4-6-11-20)23(29)18-9-7-8-17(14-18)16-28-24(30)26-21-13-12-19(25)15-22(21)33(28,31)32/h7-9,12-15,20H,2-6,10-11,16H2,1H3,(H,26,30). The molecule has 0 unspecified atom stereocenters. The normalized spacial score (nSPS) is 18.2. The molecule has 4 rings (SSSR count). The van der Waals surface area contributed by atoms with Crippen LogP contribution in [0.2, 0.25) is 5.02 Å². The molecule has 7 nitrogen and oxygen atoms in total. The number of nitrogens with one attached hydrogen (secondary N) is 1. The largest absolute Gasteiger partial charge is 0.336 e. The zero-order valence-electron chi connectivity index (χ0n) is 18.6. The SMILES string of the molecule is CCN(C(=O)c1cccc(CN2C(=O)Nc3ccc(Cl)cc3S2(=O)=O)c1)C1CCCCCC1. The number of nitrogens with zero attached hydrogens (tertiary/aromatic N) is 2. The van der Waals surface area contributed by atoms with E-state index in [4.69, 9.17) is 11.6 Å². The van der Waals surface area contributed by atoms with Crippen molar-refractivity contribution < 1.29 is 18.0 Å². The first-order valence-corrected chi connectivity index (χ1v) is 13.2. The Hall–Kier alpha value is -2.58. The molecule has 0 radical (unpaired) electrons. The fourth-order valence-electron chi connectivity index (χ4n) is 4.65. The van der Waals surface area contributed by atoms with Crippen LogP contribution in [0.25, 0.3) is 0 Å². The molecule has 2 aromatic carbocycles. The minimum Gasteiger partial charge on any atom is -0.336 e. The van der Waals surface area contributed by atoms with E-state index < -0.39 is 16.1 Å². The summed E-state index contributed by atoms with van der Waals surface area (Å²) in [6.45, 7) is 2.42. The highest BCUT2D eigenvalue weighted by molar-refractivity contribution is 7.90. The Kier molecular flexibility index (Phi) is 6.95. The van der Waals surface area contributed by atoms with Gasteiger partial charge in [-0.05, 0) is 55.7 Å². The fourth-order valence-corrected chi connectivity index (χ4v) is 6.38. The quantitative estimate of drug-likeness (QED) is 0.580. The summed E-state index contributed by atoms with van der Waals surface area (Å²) in [5, 5.41) is 2.86. The van der Waals surface area contributed by atoms with Gasteiger partial charge < -0.3 is 10.2 Å². The minimum absolute atomic E-state index is 0.0487. The first-order chi connectivity index (χ1) is 15.8. The van der Waals surface area contributed by atoms with E-state index >= 15 is 0 Å². The predicted octanol–water partition coefficient (Wildman–Crippen LogP) is 5.26. The highest BCUT2D eigenvalue weighted by Crippen LogP contribution is 2.33. The lowest BCUT2D eigenvalue weighted by Crippen LogP contribution is -2.43. The van der Waals surface area contributed by atoms with Gasteiger partial charge in [-0.2, -0.15) is 0 Å². The number of halogens is 1. The lowest BCUT2D eigenvalue weighted by atomic mass is 10.0. The molecule has 9 heteroatoms. The average molecular weight is 490 g/mol. The third-order valence-corrected chi connectivity index (χ3v) is 8.35. The molecule has 2 aliphatic rings. The zero-order chi connectivity index (χ0) is 23.6. The van der Waals surface area contributed by atoms with Crippen LogP contribution in [0, 0.1) is 0 Å². The third kappa shape index (κ3) is 4.87. The predicted molar refractivity (Wildman–Crippen MR) is 128 cm³/mol. The molecule has 1 fully saturated rings. The van der Waals surface area contributed by atoms with Gasteiger partial charge >= 0.3 is 6.03 Å². The molecule has 0 saturated heterocycles. The summed E-state index contributed by atoms with van der Waals surface area (Å²) in [7, 11) is -4.09. The molecule has 33 heavy (non-hydrogen) atoms. The van der Waals surface area contributed by atoms with Crippen molar-refractivity contribution >= 4 is 39.2 Å². The van der Waals surface area contributed by atoms with Gasteiger partial charge in [-0.15, -0.1) is 0 Å². The van der Waals surface area contributed by atoms with Crippen LogP contribution in [0.1, 0.15) is 61.4 Å². The number of rotatable bonds is 5. The Morgan fingerprint density at radius 2 is 1.85 bits per heavy atom. The number of carbonyl (C=O) groups excluding carboxylic acids is 2. The Morgan fingerprint density at radius 3 is 2.55 bits per heavy atom. The van der Waals surface area contributed by atoms with Crippen molar-refractivity contribution in [2.45, 2.75) is 62.9 Å². The number of benzene rings is 2. The summed E-state index contributed by atoms with van der Waals surface area (Å²) in [6, 6.07) is 10.7. The second-order valence-electron chi connectivity index (χ2n) is 8.52. The maximum Gasteiger partial charge on any atom is 0.336 e. The van der Waals surface area contributed by atoms with Crippen molar-refractivity contribution in [2.24, 2.45) is 0 Å². The average Bonchev–Trinajstić information content (AvgIpc) is 3.08. The summed E-state index contributed by atoms with van der Waals surface area (Å²) >= 11 is 5.98. The van der Waals surface area contributed by atoms with Crippen molar-refractivity contribution in [2.75, 3.05) is 11.9 Å². The van der Waals surface area contributed by atoms with Crippen LogP contribution >= 0.6 is 11.6 Å². The van der Waals surface area contributed by atoms with Crippen molar-refractivity contribution in [3.8, 4) is 0 Å². The van der Waals surface area contributed by atoms with Crippen molar-refractivity contribution in [1.29, 1.82) is 0 Å². The lowest BCUT2D eigenvalue weighted by molar-refractivity contribution is 0.0673. The lowest BCUT2D eigenvalue weighted by Gasteiger charge is -2.31. The monoisotopic (exact) mass is 489 g/mol. The summed E-state index contributed by atoms with van der Waals surface area (Å²) in [5.74, 6) is -0.0608. The number of carbonyl (C=O) groups is 2. The van der Waals surface area contributed by atoms with E-state index in [9.17, 15) is 18.0 Å². The van der Waals surface area contributed by atoms with Crippen molar-refractivity contribution in [1.82, 2.24) is 9.21 Å². The topological polar surface area (TPSA) is 86.8 Å². The Labute approximate surface area is 199 Å². The second-order valence-corrected chi connectivity index (χ2v) is 10.8. The fraction of sp³-hybridized carbons (Fsp3) is 0.417. The zero-order valence-corrected chi connectivity index (χ0v) is 20.2. The molecule has 1 N–H and O–H groups in total. The molecule has 1 aliphatic carbocycles. The minimum atomic E-state index is -4.09. The van der Waals surface area contributed by atoms with Crippen LogP contribution in [0.15, 0.2) is 47.4 Å². The summed E-state index contributed by atoms with van der Waals surface area (Å²) < 4.78 is 27.0. The second kappa shape index (κ2) is 9.73. The van der Waals surface area contributed by atoms with Gasteiger partial charge in [-0.3, -0.25) is 4.79 Å².